The summed E-state index contributed by atoms with van der Waals surface area (Å²) in [5.41, 5.74) is 1.76. The highest BCUT2D eigenvalue weighted by Gasteiger charge is 2.40. The number of carbonyl (C=O) groups excluding carboxylic acids is 3. The molecule has 4 rings (SSSR count). The number of carbonyl (C=O) groups is 3. The van der Waals surface area contributed by atoms with E-state index in [2.05, 4.69) is 15.3 Å². The zero-order valence-corrected chi connectivity index (χ0v) is 19.3. The third-order valence-electron chi connectivity index (χ3n) is 5.88. The van der Waals surface area contributed by atoms with Gasteiger partial charge >= 0.3 is 6.03 Å². The average Bonchev–Trinajstić information content (AvgIpc) is 3.29. The molecule has 2 aromatic rings. The number of urea groups is 1. The lowest BCUT2D eigenvalue weighted by Crippen LogP contribution is -2.41. The number of benzene rings is 2. The van der Waals surface area contributed by atoms with Crippen LogP contribution in [0.3, 0.4) is 0 Å². The maximum atomic E-state index is 13.4. The summed E-state index contributed by atoms with van der Waals surface area (Å²) in [5.74, 6) is 0.482. The summed E-state index contributed by atoms with van der Waals surface area (Å²) < 4.78 is 10.4. The molecule has 176 valence electrons. The lowest BCUT2D eigenvalue weighted by atomic mass is 9.96. The molecule has 0 bridgehead atoms. The van der Waals surface area contributed by atoms with Gasteiger partial charge in [-0.3, -0.25) is 24.7 Å². The Kier molecular flexibility index (Phi) is 6.42. The number of likely N-dealkylation sites (N-methyl/N-ethyl adjacent to an activating group) is 2. The van der Waals surface area contributed by atoms with Crippen LogP contribution < -0.4 is 14.8 Å². The molecule has 1 fully saturated rings. The van der Waals surface area contributed by atoms with Crippen molar-refractivity contribution in [1.29, 1.82) is 0 Å². The van der Waals surface area contributed by atoms with Crippen LogP contribution in [0.1, 0.15) is 15.9 Å². The van der Waals surface area contributed by atoms with Crippen molar-refractivity contribution in [3.63, 3.8) is 0 Å². The molecule has 2 aromatic carbocycles. The van der Waals surface area contributed by atoms with E-state index in [1.807, 2.05) is 29.2 Å². The maximum absolute atomic E-state index is 13.4. The molecule has 2 heterocycles. The number of amidine groups is 1. The molecular weight excluding hydrogens is 438 g/mol. The van der Waals surface area contributed by atoms with Crippen molar-refractivity contribution in [2.75, 3.05) is 28.3 Å². The van der Waals surface area contributed by atoms with E-state index in [0.29, 0.717) is 23.4 Å². The molecule has 3 amide bonds. The van der Waals surface area contributed by atoms with E-state index in [4.69, 9.17) is 9.47 Å². The second-order valence-electron chi connectivity index (χ2n) is 7.92. The molecule has 1 N–H and O–H groups in total. The summed E-state index contributed by atoms with van der Waals surface area (Å²) in [6.45, 7) is 0. The van der Waals surface area contributed by atoms with Crippen LogP contribution in [-0.2, 0) is 11.2 Å². The van der Waals surface area contributed by atoms with Crippen LogP contribution in [0.5, 0.6) is 11.5 Å². The summed E-state index contributed by atoms with van der Waals surface area (Å²) >= 11 is 0. The number of ketones is 1. The van der Waals surface area contributed by atoms with Crippen molar-refractivity contribution >= 4 is 29.3 Å². The summed E-state index contributed by atoms with van der Waals surface area (Å²) in [6.07, 6.45) is -0.353. The largest absolute Gasteiger partial charge is 0.497 e. The number of methoxy groups -OCH3 is 2. The number of nitrogens with one attached hydrogen (secondary N) is 1. The number of nitrogens with zero attached hydrogens (tertiary/aromatic N) is 4. The van der Waals surface area contributed by atoms with Gasteiger partial charge in [-0.25, -0.2) is 14.8 Å². The van der Waals surface area contributed by atoms with Crippen molar-refractivity contribution in [1.82, 2.24) is 15.1 Å². The fourth-order valence-electron chi connectivity index (χ4n) is 3.79. The number of aliphatic imine (C=N–C) groups is 2. The molecule has 0 radical (unpaired) electrons. The first kappa shape index (κ1) is 23.1. The van der Waals surface area contributed by atoms with E-state index in [9.17, 15) is 14.4 Å². The Morgan fingerprint density at radius 1 is 1.00 bits per heavy atom. The Morgan fingerprint density at radius 3 is 2.12 bits per heavy atom. The Bertz CT molecular complexity index is 1170. The second-order valence-corrected chi connectivity index (χ2v) is 7.92. The van der Waals surface area contributed by atoms with Gasteiger partial charge in [0.05, 0.1) is 20.3 Å². The standard InChI is InChI=1S/C24H25N5O5/c1-28-18(13-14-5-9-16(33-3)10-6-14)19(20(30)15-7-11-17(34-4)12-8-15)25-23(28)26-21-22(31)29(2)24(32)27-21/h5-12,18,23H,13H2,1-4H3,(H,26,27,32). The van der Waals surface area contributed by atoms with Crippen LogP contribution in [0.4, 0.5) is 4.79 Å². The Hall–Kier alpha value is -4.05. The van der Waals surface area contributed by atoms with Gasteiger partial charge in [0.15, 0.2) is 12.1 Å². The number of hydrogen-bond donors (Lipinski definition) is 1. The summed E-state index contributed by atoms with van der Waals surface area (Å²) in [6, 6.07) is 13.4. The van der Waals surface area contributed by atoms with Crippen molar-refractivity contribution in [2.45, 2.75) is 18.8 Å². The molecule has 0 spiro atoms. The third-order valence-corrected chi connectivity index (χ3v) is 5.88. The number of rotatable bonds is 7. The number of amides is 3. The minimum atomic E-state index is -0.841. The van der Waals surface area contributed by atoms with Crippen LogP contribution in [0.25, 0.3) is 0 Å². The predicted molar refractivity (Wildman–Crippen MR) is 126 cm³/mol. The van der Waals surface area contributed by atoms with Crippen LogP contribution in [-0.4, -0.2) is 79.7 Å². The molecule has 0 aliphatic carbocycles. The molecular formula is C24H25N5O5. The zero-order chi connectivity index (χ0) is 24.4. The SMILES string of the molecule is COc1ccc(CC2C(C(=O)c3ccc(OC)cc3)=NC(N=C3NC(=O)N(C)C3=O)N2C)cc1. The van der Waals surface area contributed by atoms with Crippen molar-refractivity contribution < 1.29 is 23.9 Å². The molecule has 0 aromatic heterocycles. The number of imide groups is 1. The van der Waals surface area contributed by atoms with Gasteiger partial charge in [-0.2, -0.15) is 0 Å². The smallest absolute Gasteiger partial charge is 0.329 e. The number of ether oxygens (including phenoxy) is 2. The van der Waals surface area contributed by atoms with Gasteiger partial charge < -0.3 is 9.47 Å². The second kappa shape index (κ2) is 9.44. The van der Waals surface area contributed by atoms with Crippen molar-refractivity contribution in [2.24, 2.45) is 9.98 Å². The Labute approximate surface area is 196 Å². The topological polar surface area (TPSA) is 113 Å². The predicted octanol–water partition coefficient (Wildman–Crippen LogP) is 1.75. The fraction of sp³-hybridized carbons (Fsp3) is 0.292. The van der Waals surface area contributed by atoms with Crippen molar-refractivity contribution in [3.8, 4) is 11.5 Å². The molecule has 2 aliphatic heterocycles. The first-order valence-corrected chi connectivity index (χ1v) is 10.6. The average molecular weight is 463 g/mol. The summed E-state index contributed by atoms with van der Waals surface area (Å²) in [4.78, 5) is 49.2. The minimum Gasteiger partial charge on any atom is -0.497 e. The highest BCUT2D eigenvalue weighted by atomic mass is 16.5. The highest BCUT2D eigenvalue weighted by Crippen LogP contribution is 2.25. The third kappa shape index (κ3) is 4.40. The molecule has 2 aliphatic rings. The quantitative estimate of drug-likeness (QED) is 0.495. The number of Topliss-reactive ketones (excluding diaryl/α,β-unsaturated/α-hetero) is 1. The van der Waals surface area contributed by atoms with Crippen LogP contribution >= 0.6 is 0 Å². The molecule has 2 atom stereocenters. The van der Waals surface area contributed by atoms with E-state index in [1.165, 1.54) is 7.05 Å². The van der Waals surface area contributed by atoms with Gasteiger partial charge in [0.2, 0.25) is 5.78 Å². The maximum Gasteiger partial charge on any atom is 0.329 e. The van der Waals surface area contributed by atoms with Gasteiger partial charge in [0.1, 0.15) is 17.2 Å². The highest BCUT2D eigenvalue weighted by molar-refractivity contribution is 6.48. The molecule has 10 heteroatoms. The van der Waals surface area contributed by atoms with E-state index in [0.717, 1.165) is 16.2 Å². The molecule has 0 saturated carbocycles. The number of hydrogen-bond acceptors (Lipinski definition) is 8. The van der Waals surface area contributed by atoms with Crippen molar-refractivity contribution in [3.05, 3.63) is 59.7 Å². The molecule has 1 saturated heterocycles. The van der Waals surface area contributed by atoms with Crippen LogP contribution in [0.15, 0.2) is 58.5 Å². The zero-order valence-electron chi connectivity index (χ0n) is 19.3. The van der Waals surface area contributed by atoms with E-state index < -0.39 is 24.3 Å². The summed E-state index contributed by atoms with van der Waals surface area (Å²) in [5, 5.41) is 2.45. The summed E-state index contributed by atoms with van der Waals surface area (Å²) in [7, 11) is 6.31. The first-order chi connectivity index (χ1) is 16.3. The normalized spacial score (nSPS) is 21.6. The van der Waals surface area contributed by atoms with Gasteiger partial charge in [-0.1, -0.05) is 12.1 Å². The van der Waals surface area contributed by atoms with Crippen LogP contribution in [0.2, 0.25) is 0 Å². The first-order valence-electron chi connectivity index (χ1n) is 10.6. The van der Waals surface area contributed by atoms with E-state index in [-0.39, 0.29) is 11.6 Å². The Morgan fingerprint density at radius 2 is 1.59 bits per heavy atom. The monoisotopic (exact) mass is 463 g/mol. The fourth-order valence-corrected chi connectivity index (χ4v) is 3.79. The Balaban J connectivity index is 1.67. The van der Waals surface area contributed by atoms with Gasteiger partial charge in [0.25, 0.3) is 5.91 Å². The van der Waals surface area contributed by atoms with E-state index in [1.54, 1.807) is 45.5 Å². The minimum absolute atomic E-state index is 0.102. The van der Waals surface area contributed by atoms with Crippen LogP contribution in [0, 0.1) is 0 Å². The lowest BCUT2D eigenvalue weighted by molar-refractivity contribution is -0.119. The molecule has 34 heavy (non-hydrogen) atoms. The van der Waals surface area contributed by atoms with Gasteiger partial charge in [-0.05, 0) is 55.4 Å². The molecule has 2 unspecified atom stereocenters. The van der Waals surface area contributed by atoms with Gasteiger partial charge in [0, 0.05) is 12.6 Å². The molecule has 10 nitrogen and oxygen atoms in total. The van der Waals surface area contributed by atoms with Gasteiger partial charge in [-0.15, -0.1) is 0 Å². The lowest BCUT2D eigenvalue weighted by Gasteiger charge is -2.23. The van der Waals surface area contributed by atoms with E-state index >= 15 is 0 Å².